The first-order valence-corrected chi connectivity index (χ1v) is 8.96. The standard InChI is InChI=1S/C21H23N2O4/c1-4-16(13-10-11-17(26-3)18(12-13)27-5-2)23-19(20(22)24)14-8-6-7-9-15(14)21(23)25/h6-8,10-12,16,19H,4-5H2,1-3H3,(H2,22,24). The van der Waals surface area contributed by atoms with E-state index in [4.69, 9.17) is 15.2 Å². The molecule has 3 rings (SSSR count). The predicted molar refractivity (Wildman–Crippen MR) is 101 cm³/mol. The molecule has 0 bridgehead atoms. The van der Waals surface area contributed by atoms with Gasteiger partial charge in [0.2, 0.25) is 5.91 Å². The lowest BCUT2D eigenvalue weighted by molar-refractivity contribution is -0.123. The number of rotatable bonds is 7. The molecular formula is C21H23N2O4. The lowest BCUT2D eigenvalue weighted by Crippen LogP contribution is -2.38. The van der Waals surface area contributed by atoms with Gasteiger partial charge in [-0.2, -0.15) is 0 Å². The summed E-state index contributed by atoms with van der Waals surface area (Å²) in [6.07, 6.45) is 0.613. The average Bonchev–Trinajstić information content (AvgIpc) is 2.96. The summed E-state index contributed by atoms with van der Waals surface area (Å²) in [5.41, 5.74) is 7.53. The Morgan fingerprint density at radius 2 is 2.07 bits per heavy atom. The Labute approximate surface area is 158 Å². The molecule has 2 N–H and O–H groups in total. The molecule has 1 radical (unpaired) electrons. The zero-order valence-corrected chi connectivity index (χ0v) is 15.7. The molecule has 141 valence electrons. The smallest absolute Gasteiger partial charge is 0.256 e. The van der Waals surface area contributed by atoms with Gasteiger partial charge < -0.3 is 20.1 Å². The summed E-state index contributed by atoms with van der Waals surface area (Å²) in [5.74, 6) is 0.419. The normalized spacial score (nSPS) is 16.8. The molecule has 1 heterocycles. The van der Waals surface area contributed by atoms with E-state index in [1.54, 1.807) is 30.2 Å². The molecule has 6 heteroatoms. The third kappa shape index (κ3) is 3.23. The van der Waals surface area contributed by atoms with Crippen molar-refractivity contribution in [2.24, 2.45) is 5.73 Å². The van der Waals surface area contributed by atoms with Gasteiger partial charge >= 0.3 is 0 Å². The van der Waals surface area contributed by atoms with Crippen LogP contribution in [0.15, 0.2) is 36.4 Å². The highest BCUT2D eigenvalue weighted by molar-refractivity contribution is 6.04. The third-order valence-corrected chi connectivity index (χ3v) is 4.77. The van der Waals surface area contributed by atoms with E-state index in [-0.39, 0.29) is 11.9 Å². The van der Waals surface area contributed by atoms with Crippen molar-refractivity contribution >= 4 is 11.8 Å². The molecule has 0 saturated carbocycles. The Balaban J connectivity index is 2.06. The van der Waals surface area contributed by atoms with Gasteiger partial charge in [0.05, 0.1) is 25.3 Å². The van der Waals surface area contributed by atoms with Crippen molar-refractivity contribution in [3.05, 3.63) is 59.2 Å². The van der Waals surface area contributed by atoms with Crippen molar-refractivity contribution in [1.82, 2.24) is 4.90 Å². The van der Waals surface area contributed by atoms with Crippen LogP contribution in [0.2, 0.25) is 0 Å². The van der Waals surface area contributed by atoms with Crippen LogP contribution < -0.4 is 15.2 Å². The number of benzene rings is 2. The SMILES string of the molecule is CCOc1cc(C(CC)N2C(=O)c3[c]cccc3C2C(N)=O)ccc1OC. The minimum Gasteiger partial charge on any atom is -0.493 e. The molecule has 0 aliphatic carbocycles. The van der Waals surface area contributed by atoms with Crippen LogP contribution in [-0.2, 0) is 4.79 Å². The van der Waals surface area contributed by atoms with E-state index in [0.717, 1.165) is 5.56 Å². The minimum atomic E-state index is -0.812. The summed E-state index contributed by atoms with van der Waals surface area (Å²) in [6, 6.07) is 12.5. The number of nitrogens with two attached hydrogens (primary N) is 1. The number of amides is 2. The average molecular weight is 367 g/mol. The number of ether oxygens (including phenoxy) is 2. The summed E-state index contributed by atoms with van der Waals surface area (Å²) in [6.45, 7) is 4.35. The number of hydrogen-bond donors (Lipinski definition) is 1. The van der Waals surface area contributed by atoms with Crippen molar-refractivity contribution in [3.63, 3.8) is 0 Å². The zero-order valence-electron chi connectivity index (χ0n) is 15.7. The van der Waals surface area contributed by atoms with Gasteiger partial charge in [-0.3, -0.25) is 9.59 Å². The zero-order chi connectivity index (χ0) is 19.6. The Kier molecular flexibility index (Phi) is 5.35. The number of carbonyl (C=O) groups is 2. The minimum absolute atomic E-state index is 0.241. The van der Waals surface area contributed by atoms with Crippen LogP contribution in [0.4, 0.5) is 0 Å². The van der Waals surface area contributed by atoms with Gasteiger partial charge in [0.25, 0.3) is 5.91 Å². The molecule has 2 aromatic carbocycles. The topological polar surface area (TPSA) is 81.9 Å². The summed E-state index contributed by atoms with van der Waals surface area (Å²) in [7, 11) is 1.58. The lowest BCUT2D eigenvalue weighted by atomic mass is 9.99. The van der Waals surface area contributed by atoms with Crippen LogP contribution in [0.3, 0.4) is 0 Å². The molecule has 0 aromatic heterocycles. The maximum absolute atomic E-state index is 13.0. The van der Waals surface area contributed by atoms with Crippen LogP contribution in [0.25, 0.3) is 0 Å². The summed E-state index contributed by atoms with van der Waals surface area (Å²) >= 11 is 0. The van der Waals surface area contributed by atoms with E-state index in [1.165, 1.54) is 0 Å². The van der Waals surface area contributed by atoms with Crippen molar-refractivity contribution in [2.45, 2.75) is 32.4 Å². The number of hydrogen-bond acceptors (Lipinski definition) is 4. The van der Waals surface area contributed by atoms with Crippen molar-refractivity contribution in [1.29, 1.82) is 0 Å². The molecule has 6 nitrogen and oxygen atoms in total. The molecule has 2 aromatic rings. The van der Waals surface area contributed by atoms with Crippen LogP contribution in [0.1, 0.15) is 53.8 Å². The number of nitrogens with zero attached hydrogens (tertiary/aromatic N) is 1. The first-order valence-electron chi connectivity index (χ1n) is 8.96. The summed E-state index contributed by atoms with van der Waals surface area (Å²) in [5, 5.41) is 0. The number of primary amides is 1. The maximum Gasteiger partial charge on any atom is 0.256 e. The molecule has 0 fully saturated rings. The van der Waals surface area contributed by atoms with E-state index < -0.39 is 11.9 Å². The Bertz CT molecular complexity index is 865. The molecule has 1 aliphatic heterocycles. The highest BCUT2D eigenvalue weighted by Gasteiger charge is 2.43. The molecule has 1 aliphatic rings. The van der Waals surface area contributed by atoms with E-state index in [1.807, 2.05) is 32.0 Å². The molecular weight excluding hydrogens is 344 g/mol. The van der Waals surface area contributed by atoms with E-state index >= 15 is 0 Å². The number of carbonyl (C=O) groups excluding carboxylic acids is 2. The molecule has 2 unspecified atom stereocenters. The van der Waals surface area contributed by atoms with E-state index in [0.29, 0.717) is 35.7 Å². The quantitative estimate of drug-likeness (QED) is 0.815. The largest absolute Gasteiger partial charge is 0.493 e. The lowest BCUT2D eigenvalue weighted by Gasteiger charge is -2.32. The van der Waals surface area contributed by atoms with Gasteiger partial charge in [0.1, 0.15) is 6.04 Å². The summed E-state index contributed by atoms with van der Waals surface area (Å²) < 4.78 is 11.0. The fourth-order valence-electron chi connectivity index (χ4n) is 3.63. The molecule has 2 amide bonds. The van der Waals surface area contributed by atoms with Crippen molar-refractivity contribution in [3.8, 4) is 11.5 Å². The van der Waals surface area contributed by atoms with Crippen LogP contribution in [0.5, 0.6) is 11.5 Å². The van der Waals surface area contributed by atoms with Gasteiger partial charge in [0, 0.05) is 0 Å². The number of fused-ring (bicyclic) bond motifs is 1. The van der Waals surface area contributed by atoms with Gasteiger partial charge in [-0.15, -0.1) is 0 Å². The molecule has 0 spiro atoms. The fraction of sp³-hybridized carbons (Fsp3) is 0.333. The molecule has 27 heavy (non-hydrogen) atoms. The number of methoxy groups -OCH3 is 1. The van der Waals surface area contributed by atoms with Crippen molar-refractivity contribution in [2.75, 3.05) is 13.7 Å². The van der Waals surface area contributed by atoms with Crippen molar-refractivity contribution < 1.29 is 19.1 Å². The second kappa shape index (κ2) is 7.70. The first-order chi connectivity index (χ1) is 13.0. The Morgan fingerprint density at radius 1 is 1.30 bits per heavy atom. The van der Waals surface area contributed by atoms with Gasteiger partial charge in [0.15, 0.2) is 11.5 Å². The van der Waals surface area contributed by atoms with Gasteiger partial charge in [-0.05, 0) is 42.7 Å². The van der Waals surface area contributed by atoms with Gasteiger partial charge in [-0.25, -0.2) is 0 Å². The second-order valence-corrected chi connectivity index (χ2v) is 6.29. The summed E-state index contributed by atoms with van der Waals surface area (Å²) in [4.78, 5) is 26.8. The Morgan fingerprint density at radius 3 is 2.70 bits per heavy atom. The maximum atomic E-state index is 13.0. The third-order valence-electron chi connectivity index (χ3n) is 4.77. The van der Waals surface area contributed by atoms with Gasteiger partial charge in [-0.1, -0.05) is 31.2 Å². The molecule has 2 atom stereocenters. The predicted octanol–water partition coefficient (Wildman–Crippen LogP) is 3.03. The van der Waals surface area contributed by atoms with Crippen LogP contribution >= 0.6 is 0 Å². The first kappa shape index (κ1) is 18.8. The second-order valence-electron chi connectivity index (χ2n) is 6.29. The van der Waals surface area contributed by atoms with Crippen LogP contribution in [-0.4, -0.2) is 30.4 Å². The fourth-order valence-corrected chi connectivity index (χ4v) is 3.63. The van der Waals surface area contributed by atoms with Crippen LogP contribution in [0, 0.1) is 6.07 Å². The van der Waals surface area contributed by atoms with E-state index in [9.17, 15) is 9.59 Å². The molecule has 0 saturated heterocycles. The highest BCUT2D eigenvalue weighted by atomic mass is 16.5. The van der Waals surface area contributed by atoms with E-state index in [2.05, 4.69) is 6.07 Å². The monoisotopic (exact) mass is 367 g/mol. The Hall–Kier alpha value is -3.02. The highest BCUT2D eigenvalue weighted by Crippen LogP contribution is 2.42.